The number of aliphatic hydroxyl groups is 2. The SMILES string of the molecule is N#Cc1cnn2cc(OCCN3CC4CC4(O)C3)cc(-c3ccc(N4CC5CC(C4)N5C(=O)CC4(O)CC4)nc3)c12. The van der Waals surface area contributed by atoms with Crippen LogP contribution in [-0.4, -0.2) is 103 Å². The molecule has 6 fully saturated rings. The highest BCUT2D eigenvalue weighted by Crippen LogP contribution is 2.49. The standard InChI is InChI=1S/C30H33N7O4/c31-11-20-13-33-36-17-24(41-6-5-34-14-21-9-30(21,40)18-34)8-25(28(20)36)19-1-2-26(32-12-19)35-15-22-7-23(16-35)37(22)27(38)10-29(39)3-4-29/h1-2,8,12-13,17,21-23,39-40H,3-7,9-10,14-16,18H2. The van der Waals surface area contributed by atoms with Gasteiger partial charge in [0.25, 0.3) is 0 Å². The van der Waals surface area contributed by atoms with E-state index < -0.39 is 11.2 Å². The fourth-order valence-corrected chi connectivity index (χ4v) is 7.13. The van der Waals surface area contributed by atoms with Gasteiger partial charge in [-0.25, -0.2) is 9.50 Å². The number of nitrogens with zero attached hydrogens (tertiary/aromatic N) is 7. The van der Waals surface area contributed by atoms with Gasteiger partial charge in [0.05, 0.1) is 53.2 Å². The molecular formula is C30H33N7O4. The van der Waals surface area contributed by atoms with Crippen molar-refractivity contribution in [1.82, 2.24) is 24.4 Å². The van der Waals surface area contributed by atoms with Crippen LogP contribution in [0, 0.1) is 17.2 Å². The van der Waals surface area contributed by atoms with E-state index in [-0.39, 0.29) is 24.4 Å². The maximum atomic E-state index is 12.7. The average Bonchev–Trinajstić information content (AvgIpc) is 3.73. The number of pyridine rings is 2. The van der Waals surface area contributed by atoms with E-state index in [1.807, 2.05) is 29.3 Å². The monoisotopic (exact) mass is 555 g/mol. The third kappa shape index (κ3) is 4.33. The molecule has 212 valence electrons. The van der Waals surface area contributed by atoms with Crippen molar-refractivity contribution < 1.29 is 19.7 Å². The van der Waals surface area contributed by atoms with Gasteiger partial charge >= 0.3 is 0 Å². The Morgan fingerprint density at radius 2 is 2.00 bits per heavy atom. The van der Waals surface area contributed by atoms with Crippen molar-refractivity contribution in [2.45, 2.75) is 55.4 Å². The van der Waals surface area contributed by atoms with Crippen LogP contribution < -0.4 is 9.64 Å². The number of amides is 1. The molecule has 11 nitrogen and oxygen atoms in total. The predicted molar refractivity (Wildman–Crippen MR) is 148 cm³/mol. The molecule has 3 aromatic heterocycles. The number of carbonyl (C=O) groups is 1. The summed E-state index contributed by atoms with van der Waals surface area (Å²) in [4.78, 5) is 24.0. The van der Waals surface area contributed by atoms with E-state index in [0.29, 0.717) is 35.9 Å². The Bertz CT molecular complexity index is 1570. The van der Waals surface area contributed by atoms with Crippen LogP contribution in [0.1, 0.15) is 37.7 Å². The minimum atomic E-state index is -0.760. The van der Waals surface area contributed by atoms with Crippen LogP contribution in [0.25, 0.3) is 16.6 Å². The fraction of sp³-hybridized carbons (Fsp3) is 0.533. The van der Waals surface area contributed by atoms with Crippen LogP contribution in [0.2, 0.25) is 0 Å². The Kier molecular flexibility index (Phi) is 5.43. The quantitative estimate of drug-likeness (QED) is 0.424. The second-order valence-corrected chi connectivity index (χ2v) is 12.7. The predicted octanol–water partition coefficient (Wildman–Crippen LogP) is 1.42. The van der Waals surface area contributed by atoms with Crippen molar-refractivity contribution in [1.29, 1.82) is 5.26 Å². The molecule has 2 saturated carbocycles. The third-order valence-corrected chi connectivity index (χ3v) is 9.73. The molecule has 4 atom stereocenters. The molecule has 0 spiro atoms. The van der Waals surface area contributed by atoms with Crippen molar-refractivity contribution >= 4 is 17.2 Å². The summed E-state index contributed by atoms with van der Waals surface area (Å²) in [5, 5.41) is 34.6. The molecule has 2 bridgehead atoms. The first kappa shape index (κ1) is 25.0. The number of hydrogen-bond donors (Lipinski definition) is 2. The zero-order valence-corrected chi connectivity index (χ0v) is 22.8. The molecule has 6 aliphatic rings. The van der Waals surface area contributed by atoms with E-state index in [4.69, 9.17) is 9.72 Å². The molecule has 4 unspecified atom stereocenters. The molecule has 0 aromatic carbocycles. The first-order valence-corrected chi connectivity index (χ1v) is 14.5. The second kappa shape index (κ2) is 8.89. The summed E-state index contributed by atoms with van der Waals surface area (Å²) in [6.45, 7) is 4.33. The molecular weight excluding hydrogens is 522 g/mol. The molecule has 2 aliphatic carbocycles. The maximum absolute atomic E-state index is 12.7. The summed E-state index contributed by atoms with van der Waals surface area (Å²) in [7, 11) is 0. The molecule has 2 N–H and O–H groups in total. The highest BCUT2D eigenvalue weighted by Gasteiger charge is 2.58. The number of piperazine rings is 1. The number of β-amino-alcohol motifs (C(OH)–C–C–N with tert-alkyl or cyclic N) is 1. The number of nitriles is 1. The molecule has 41 heavy (non-hydrogen) atoms. The largest absolute Gasteiger partial charge is 0.491 e. The lowest BCUT2D eigenvalue weighted by Crippen LogP contribution is -2.70. The number of ether oxygens (including phenoxy) is 1. The van der Waals surface area contributed by atoms with Gasteiger partial charge in [0, 0.05) is 56.0 Å². The van der Waals surface area contributed by atoms with Gasteiger partial charge in [-0.15, -0.1) is 0 Å². The Hall–Kier alpha value is -3.72. The fourth-order valence-electron chi connectivity index (χ4n) is 7.13. The highest BCUT2D eigenvalue weighted by atomic mass is 16.5. The van der Waals surface area contributed by atoms with Gasteiger partial charge in [-0.2, -0.15) is 10.4 Å². The minimum absolute atomic E-state index is 0.0729. The Balaban J connectivity index is 0.975. The lowest BCUT2D eigenvalue weighted by molar-refractivity contribution is -0.148. The van der Waals surface area contributed by atoms with Crippen molar-refractivity contribution in [2.24, 2.45) is 5.92 Å². The molecule has 9 rings (SSSR count). The van der Waals surface area contributed by atoms with Crippen LogP contribution in [0.5, 0.6) is 5.75 Å². The maximum Gasteiger partial charge on any atom is 0.226 e. The summed E-state index contributed by atoms with van der Waals surface area (Å²) < 4.78 is 7.81. The smallest absolute Gasteiger partial charge is 0.226 e. The van der Waals surface area contributed by atoms with Gasteiger partial charge in [0.1, 0.15) is 24.2 Å². The lowest BCUT2D eigenvalue weighted by atomic mass is 9.86. The van der Waals surface area contributed by atoms with Crippen LogP contribution in [0.15, 0.2) is 36.8 Å². The van der Waals surface area contributed by atoms with Gasteiger partial charge in [-0.05, 0) is 43.9 Å². The second-order valence-electron chi connectivity index (χ2n) is 12.7. The minimum Gasteiger partial charge on any atom is -0.491 e. The number of rotatable bonds is 8. The Morgan fingerprint density at radius 1 is 1.17 bits per heavy atom. The first-order valence-electron chi connectivity index (χ1n) is 14.5. The number of piperidine rings is 2. The third-order valence-electron chi connectivity index (χ3n) is 9.73. The molecule has 4 saturated heterocycles. The zero-order chi connectivity index (χ0) is 27.9. The normalized spacial score (nSPS) is 29.1. The molecule has 1 amide bonds. The number of anilines is 1. The lowest BCUT2D eigenvalue weighted by Gasteiger charge is -2.56. The van der Waals surface area contributed by atoms with Crippen LogP contribution in [0.4, 0.5) is 5.82 Å². The van der Waals surface area contributed by atoms with Gasteiger partial charge < -0.3 is 24.7 Å². The zero-order valence-electron chi connectivity index (χ0n) is 22.8. The number of fused-ring (bicyclic) bond motifs is 4. The van der Waals surface area contributed by atoms with Gasteiger partial charge in [-0.1, -0.05) is 0 Å². The number of carbonyl (C=O) groups excluding carboxylic acids is 1. The number of hydrogen-bond acceptors (Lipinski definition) is 9. The molecule has 7 heterocycles. The molecule has 0 radical (unpaired) electrons. The highest BCUT2D eigenvalue weighted by molar-refractivity contribution is 5.85. The van der Waals surface area contributed by atoms with E-state index >= 15 is 0 Å². The van der Waals surface area contributed by atoms with E-state index in [1.165, 1.54) is 0 Å². The van der Waals surface area contributed by atoms with Crippen LogP contribution in [-0.2, 0) is 4.79 Å². The van der Waals surface area contributed by atoms with E-state index in [2.05, 4.69) is 21.0 Å². The molecule has 11 heteroatoms. The van der Waals surface area contributed by atoms with Crippen LogP contribution >= 0.6 is 0 Å². The van der Waals surface area contributed by atoms with Gasteiger partial charge in [-0.3, -0.25) is 9.69 Å². The van der Waals surface area contributed by atoms with E-state index in [0.717, 1.165) is 68.8 Å². The van der Waals surface area contributed by atoms with Crippen molar-refractivity contribution in [2.75, 3.05) is 44.2 Å². The topological polar surface area (TPSA) is 130 Å². The van der Waals surface area contributed by atoms with E-state index in [9.17, 15) is 20.3 Å². The van der Waals surface area contributed by atoms with Gasteiger partial charge in [0.2, 0.25) is 5.91 Å². The Labute approximate surface area is 237 Å². The first-order chi connectivity index (χ1) is 19.8. The molecule has 4 aliphatic heterocycles. The molecule has 3 aromatic rings. The summed E-state index contributed by atoms with van der Waals surface area (Å²) in [6, 6.07) is 8.52. The summed E-state index contributed by atoms with van der Waals surface area (Å²) in [5.41, 5.74) is 1.64. The van der Waals surface area contributed by atoms with Crippen molar-refractivity contribution in [3.05, 3.63) is 42.4 Å². The number of aromatic nitrogens is 3. The summed E-state index contributed by atoms with van der Waals surface area (Å²) in [6.07, 6.45) is 8.80. The Morgan fingerprint density at radius 3 is 2.68 bits per heavy atom. The number of likely N-dealkylation sites (tertiary alicyclic amines) is 1. The van der Waals surface area contributed by atoms with Crippen molar-refractivity contribution in [3.63, 3.8) is 0 Å². The van der Waals surface area contributed by atoms with Crippen LogP contribution in [0.3, 0.4) is 0 Å². The summed E-state index contributed by atoms with van der Waals surface area (Å²) >= 11 is 0. The average molecular weight is 556 g/mol. The van der Waals surface area contributed by atoms with Crippen molar-refractivity contribution in [3.8, 4) is 22.9 Å². The van der Waals surface area contributed by atoms with Gasteiger partial charge in [0.15, 0.2) is 0 Å². The summed E-state index contributed by atoms with van der Waals surface area (Å²) in [5.74, 6) is 2.00. The van der Waals surface area contributed by atoms with E-state index in [1.54, 1.807) is 16.9 Å².